The third kappa shape index (κ3) is 1.16. The Kier molecular flexibility index (Phi) is 1.97. The second-order valence-corrected chi connectivity index (χ2v) is 2.93. The van der Waals surface area contributed by atoms with E-state index in [0.717, 1.165) is 4.57 Å². The van der Waals surface area contributed by atoms with Crippen LogP contribution >= 0.6 is 0 Å². The van der Waals surface area contributed by atoms with Gasteiger partial charge in [-0.3, -0.25) is 13.9 Å². The molecule has 0 aliphatic carbocycles. The fraction of sp³-hybridized carbons (Fsp3) is 0.250. The summed E-state index contributed by atoms with van der Waals surface area (Å²) in [4.78, 5) is 23.0. The first-order valence-electron chi connectivity index (χ1n) is 4.24. The summed E-state index contributed by atoms with van der Waals surface area (Å²) in [6.45, 7) is 0.496. The Labute approximate surface area is 78.6 Å². The highest BCUT2D eigenvalue weighted by Crippen LogP contribution is 1.92. The summed E-state index contributed by atoms with van der Waals surface area (Å²) in [5, 5.41) is 2.53. The molecular weight excluding hydrogens is 184 g/mol. The quantitative estimate of drug-likeness (QED) is 0.626. The molecule has 0 saturated heterocycles. The van der Waals surface area contributed by atoms with Crippen molar-refractivity contribution in [2.24, 2.45) is 5.73 Å². The summed E-state index contributed by atoms with van der Waals surface area (Å²) in [6, 6.07) is 3.34. The van der Waals surface area contributed by atoms with Crippen LogP contribution in [-0.4, -0.2) is 20.7 Å². The van der Waals surface area contributed by atoms with Gasteiger partial charge in [0, 0.05) is 19.3 Å². The van der Waals surface area contributed by atoms with Gasteiger partial charge in [0.05, 0.1) is 0 Å². The Hall–Kier alpha value is -1.82. The first-order valence-corrected chi connectivity index (χ1v) is 4.24. The number of hydrogen-bond donors (Lipinski definition) is 2. The highest BCUT2D eigenvalue weighted by atomic mass is 16.2. The zero-order chi connectivity index (χ0) is 10.1. The van der Waals surface area contributed by atoms with Crippen molar-refractivity contribution in [1.29, 1.82) is 0 Å². The second kappa shape index (κ2) is 3.15. The number of hydrogen-bond acceptors (Lipinski definition) is 3. The molecule has 0 aliphatic heterocycles. The number of aromatic amines is 1. The predicted molar refractivity (Wildman–Crippen MR) is 51.3 cm³/mol. The van der Waals surface area contributed by atoms with Crippen LogP contribution < -0.4 is 17.0 Å². The highest BCUT2D eigenvalue weighted by Gasteiger charge is 2.05. The monoisotopic (exact) mass is 194 g/mol. The summed E-state index contributed by atoms with van der Waals surface area (Å²) >= 11 is 0. The van der Waals surface area contributed by atoms with Gasteiger partial charge in [0.2, 0.25) is 0 Å². The number of H-pyrrole nitrogens is 1. The molecule has 74 valence electrons. The Morgan fingerprint density at radius 3 is 2.93 bits per heavy atom. The average Bonchev–Trinajstić information content (AvgIpc) is 2.60. The van der Waals surface area contributed by atoms with Crippen molar-refractivity contribution in [2.75, 3.05) is 6.54 Å². The highest BCUT2D eigenvalue weighted by molar-refractivity contribution is 5.43. The Bertz CT molecular complexity index is 562. The number of aromatic nitrogens is 3. The number of nitrogens with one attached hydrogen (secondary N) is 1. The standard InChI is InChI=1S/C8H10N4O2/c9-3-5-11-7(13)6-2-1-4-12(6)10-8(11)14/h1-2,4H,3,5,9H2,(H,10,14). The van der Waals surface area contributed by atoms with Gasteiger partial charge in [-0.25, -0.2) is 9.89 Å². The van der Waals surface area contributed by atoms with E-state index in [-0.39, 0.29) is 18.6 Å². The third-order valence-corrected chi connectivity index (χ3v) is 2.03. The SMILES string of the molecule is NCCn1c(=O)[nH]n2cccc2c1=O. The average molecular weight is 194 g/mol. The molecule has 6 heteroatoms. The van der Waals surface area contributed by atoms with Crippen LogP contribution in [0.15, 0.2) is 27.9 Å². The van der Waals surface area contributed by atoms with Gasteiger partial charge < -0.3 is 5.73 Å². The van der Waals surface area contributed by atoms with Gasteiger partial charge in [0.25, 0.3) is 5.56 Å². The van der Waals surface area contributed by atoms with Gasteiger partial charge in [-0.2, -0.15) is 0 Å². The van der Waals surface area contributed by atoms with Crippen molar-refractivity contribution in [3.63, 3.8) is 0 Å². The summed E-state index contributed by atoms with van der Waals surface area (Å²) in [7, 11) is 0. The Morgan fingerprint density at radius 2 is 2.21 bits per heavy atom. The molecule has 2 rings (SSSR count). The molecule has 0 aliphatic rings. The van der Waals surface area contributed by atoms with Crippen LogP contribution in [0, 0.1) is 0 Å². The lowest BCUT2D eigenvalue weighted by Gasteiger charge is -2.02. The number of nitrogens with zero attached hydrogens (tertiary/aromatic N) is 2. The van der Waals surface area contributed by atoms with Crippen molar-refractivity contribution in [1.82, 2.24) is 14.2 Å². The zero-order valence-corrected chi connectivity index (χ0v) is 7.43. The molecule has 0 spiro atoms. The molecule has 2 aromatic rings. The maximum Gasteiger partial charge on any atom is 0.343 e. The molecule has 6 nitrogen and oxygen atoms in total. The van der Waals surface area contributed by atoms with Crippen molar-refractivity contribution in [2.45, 2.75) is 6.54 Å². The summed E-state index contributed by atoms with van der Waals surface area (Å²) in [6.07, 6.45) is 1.62. The van der Waals surface area contributed by atoms with Crippen LogP contribution in [0.3, 0.4) is 0 Å². The lowest BCUT2D eigenvalue weighted by molar-refractivity contribution is 0.616. The van der Waals surface area contributed by atoms with Crippen LogP contribution in [0.1, 0.15) is 0 Å². The van der Waals surface area contributed by atoms with E-state index in [1.165, 1.54) is 4.52 Å². The molecule has 2 aromatic heterocycles. The minimum absolute atomic E-state index is 0.232. The molecule has 0 fully saturated rings. The van der Waals surface area contributed by atoms with Crippen LogP contribution in [-0.2, 0) is 6.54 Å². The molecule has 14 heavy (non-hydrogen) atoms. The van der Waals surface area contributed by atoms with Gasteiger partial charge in [-0.15, -0.1) is 0 Å². The minimum Gasteiger partial charge on any atom is -0.329 e. The van der Waals surface area contributed by atoms with Gasteiger partial charge >= 0.3 is 5.69 Å². The fourth-order valence-corrected chi connectivity index (χ4v) is 1.38. The van der Waals surface area contributed by atoms with Crippen LogP contribution in [0.4, 0.5) is 0 Å². The predicted octanol–water partition coefficient (Wildman–Crippen LogP) is -1.25. The third-order valence-electron chi connectivity index (χ3n) is 2.03. The topological polar surface area (TPSA) is 85.3 Å². The number of fused-ring (bicyclic) bond motifs is 1. The van der Waals surface area contributed by atoms with E-state index in [1.54, 1.807) is 18.3 Å². The van der Waals surface area contributed by atoms with Crippen molar-refractivity contribution < 1.29 is 0 Å². The van der Waals surface area contributed by atoms with Gasteiger partial charge in [-0.05, 0) is 12.1 Å². The normalized spacial score (nSPS) is 10.9. The van der Waals surface area contributed by atoms with E-state index >= 15 is 0 Å². The lowest BCUT2D eigenvalue weighted by Crippen LogP contribution is -2.38. The molecule has 0 amide bonds. The van der Waals surface area contributed by atoms with E-state index in [4.69, 9.17) is 5.73 Å². The molecule has 3 N–H and O–H groups in total. The van der Waals surface area contributed by atoms with E-state index in [2.05, 4.69) is 5.10 Å². The van der Waals surface area contributed by atoms with E-state index in [1.807, 2.05) is 0 Å². The summed E-state index contributed by atoms with van der Waals surface area (Å²) in [5.41, 5.74) is 4.98. The first kappa shape index (κ1) is 8.76. The van der Waals surface area contributed by atoms with E-state index < -0.39 is 5.69 Å². The molecule has 2 heterocycles. The molecule has 0 aromatic carbocycles. The van der Waals surface area contributed by atoms with Gasteiger partial charge in [-0.1, -0.05) is 0 Å². The van der Waals surface area contributed by atoms with Crippen LogP contribution in [0.2, 0.25) is 0 Å². The Morgan fingerprint density at radius 1 is 1.43 bits per heavy atom. The molecule has 0 saturated carbocycles. The first-order chi connectivity index (χ1) is 6.74. The molecular formula is C8H10N4O2. The van der Waals surface area contributed by atoms with E-state index in [0.29, 0.717) is 5.52 Å². The number of rotatable bonds is 2. The maximum absolute atomic E-state index is 11.7. The summed E-state index contributed by atoms with van der Waals surface area (Å²) in [5.74, 6) is 0. The maximum atomic E-state index is 11.7. The lowest BCUT2D eigenvalue weighted by atomic mass is 10.5. The zero-order valence-electron chi connectivity index (χ0n) is 7.43. The fourth-order valence-electron chi connectivity index (χ4n) is 1.38. The Balaban J connectivity index is 2.83. The molecule has 0 unspecified atom stereocenters. The van der Waals surface area contributed by atoms with Crippen molar-refractivity contribution >= 4 is 5.52 Å². The van der Waals surface area contributed by atoms with Gasteiger partial charge in [0.1, 0.15) is 5.52 Å². The van der Waals surface area contributed by atoms with Gasteiger partial charge in [0.15, 0.2) is 0 Å². The summed E-state index contributed by atoms with van der Waals surface area (Å²) < 4.78 is 2.49. The minimum atomic E-state index is -0.441. The van der Waals surface area contributed by atoms with E-state index in [9.17, 15) is 9.59 Å². The molecule has 0 bridgehead atoms. The molecule has 0 radical (unpaired) electrons. The largest absolute Gasteiger partial charge is 0.343 e. The smallest absolute Gasteiger partial charge is 0.329 e. The molecule has 0 atom stereocenters. The van der Waals surface area contributed by atoms with Crippen molar-refractivity contribution in [3.05, 3.63) is 39.2 Å². The number of nitrogens with two attached hydrogens (primary N) is 1. The van der Waals surface area contributed by atoms with Crippen LogP contribution in [0.5, 0.6) is 0 Å². The second-order valence-electron chi connectivity index (χ2n) is 2.93. The van der Waals surface area contributed by atoms with Crippen molar-refractivity contribution in [3.8, 4) is 0 Å². The van der Waals surface area contributed by atoms with Crippen LogP contribution in [0.25, 0.3) is 5.52 Å².